The van der Waals surface area contributed by atoms with Crippen LogP contribution in [0.1, 0.15) is 48.3 Å². The molecule has 182 valence electrons. The van der Waals surface area contributed by atoms with Gasteiger partial charge in [0.25, 0.3) is 0 Å². The Bertz CT molecular complexity index is 1220. The lowest BCUT2D eigenvalue weighted by Crippen LogP contribution is -2.23. The van der Waals surface area contributed by atoms with Crippen LogP contribution in [0.25, 0.3) is 11.1 Å². The highest BCUT2D eigenvalue weighted by Gasteiger charge is 2.39. The Kier molecular flexibility index (Phi) is 6.50. The topological polar surface area (TPSA) is 44.8 Å². The first-order valence-corrected chi connectivity index (χ1v) is 12.3. The lowest BCUT2D eigenvalue weighted by atomic mass is 9.81. The van der Waals surface area contributed by atoms with Gasteiger partial charge >= 0.3 is 5.97 Å². The highest BCUT2D eigenvalue weighted by molar-refractivity contribution is 5.73. The number of halogens is 1. The van der Waals surface area contributed by atoms with Crippen molar-refractivity contribution in [2.24, 2.45) is 11.8 Å². The SMILES string of the molecule is COC(=O)[C@@H](C)C(c1ccc2c(c1)CC(c1ccc(-c3cc(OC)ccc3F)cc1)CO2)C1CC1. The third-order valence-electron chi connectivity index (χ3n) is 7.48. The minimum Gasteiger partial charge on any atom is -0.497 e. The van der Waals surface area contributed by atoms with Gasteiger partial charge in [-0.25, -0.2) is 4.39 Å². The zero-order valence-electron chi connectivity index (χ0n) is 20.4. The summed E-state index contributed by atoms with van der Waals surface area (Å²) < 4.78 is 30.8. The summed E-state index contributed by atoms with van der Waals surface area (Å²) in [4.78, 5) is 12.3. The summed E-state index contributed by atoms with van der Waals surface area (Å²) in [6.07, 6.45) is 3.17. The highest BCUT2D eigenvalue weighted by Crippen LogP contribution is 2.48. The molecule has 4 nitrogen and oxygen atoms in total. The lowest BCUT2D eigenvalue weighted by Gasteiger charge is -2.28. The van der Waals surface area contributed by atoms with Crippen LogP contribution in [0, 0.1) is 17.7 Å². The number of benzene rings is 3. The summed E-state index contributed by atoms with van der Waals surface area (Å²) in [5.74, 6) is 1.87. The molecule has 1 aliphatic heterocycles. The van der Waals surface area contributed by atoms with Crippen molar-refractivity contribution in [1.29, 1.82) is 0 Å². The fourth-order valence-corrected chi connectivity index (χ4v) is 5.38. The minimum atomic E-state index is -0.271. The van der Waals surface area contributed by atoms with E-state index in [0.717, 1.165) is 36.1 Å². The maximum Gasteiger partial charge on any atom is 0.309 e. The van der Waals surface area contributed by atoms with Crippen molar-refractivity contribution in [2.45, 2.75) is 38.0 Å². The number of hydrogen-bond acceptors (Lipinski definition) is 4. The van der Waals surface area contributed by atoms with E-state index in [0.29, 0.717) is 23.8 Å². The molecule has 3 aromatic rings. The van der Waals surface area contributed by atoms with Crippen molar-refractivity contribution in [3.63, 3.8) is 0 Å². The van der Waals surface area contributed by atoms with Crippen LogP contribution in [-0.2, 0) is 16.0 Å². The van der Waals surface area contributed by atoms with Crippen LogP contribution in [0.4, 0.5) is 4.39 Å². The predicted molar refractivity (Wildman–Crippen MR) is 133 cm³/mol. The van der Waals surface area contributed by atoms with Gasteiger partial charge in [-0.3, -0.25) is 4.79 Å². The Morgan fingerprint density at radius 1 is 1.03 bits per heavy atom. The molecule has 0 N–H and O–H groups in total. The second-order valence-electron chi connectivity index (χ2n) is 9.72. The second kappa shape index (κ2) is 9.73. The first-order valence-electron chi connectivity index (χ1n) is 12.3. The molecular formula is C30H31FO4. The fourth-order valence-electron chi connectivity index (χ4n) is 5.38. The van der Waals surface area contributed by atoms with Gasteiger partial charge in [-0.2, -0.15) is 0 Å². The third-order valence-corrected chi connectivity index (χ3v) is 7.48. The van der Waals surface area contributed by atoms with Crippen molar-refractivity contribution in [2.75, 3.05) is 20.8 Å². The molecule has 5 heteroatoms. The van der Waals surface area contributed by atoms with E-state index in [4.69, 9.17) is 14.2 Å². The highest BCUT2D eigenvalue weighted by atomic mass is 19.1. The number of hydrogen-bond donors (Lipinski definition) is 0. The molecule has 0 aromatic heterocycles. The van der Waals surface area contributed by atoms with Crippen molar-refractivity contribution >= 4 is 5.97 Å². The summed E-state index contributed by atoms with van der Waals surface area (Å²) in [6.45, 7) is 2.57. The van der Waals surface area contributed by atoms with E-state index >= 15 is 0 Å². The lowest BCUT2D eigenvalue weighted by molar-refractivity contribution is -0.145. The molecule has 0 radical (unpaired) electrons. The van der Waals surface area contributed by atoms with Crippen LogP contribution in [0.5, 0.6) is 11.5 Å². The summed E-state index contributed by atoms with van der Waals surface area (Å²) in [5.41, 5.74) is 4.86. The zero-order chi connectivity index (χ0) is 24.5. The quantitative estimate of drug-likeness (QED) is 0.366. The molecule has 1 fully saturated rings. The Hall–Kier alpha value is -3.34. The first kappa shape index (κ1) is 23.4. The Balaban J connectivity index is 1.37. The smallest absolute Gasteiger partial charge is 0.309 e. The number of ether oxygens (including phenoxy) is 3. The van der Waals surface area contributed by atoms with Crippen LogP contribution in [0.2, 0.25) is 0 Å². The van der Waals surface area contributed by atoms with Crippen molar-refractivity contribution in [1.82, 2.24) is 0 Å². The van der Waals surface area contributed by atoms with Gasteiger partial charge in [-0.1, -0.05) is 43.3 Å². The molecular weight excluding hydrogens is 443 g/mol. The average molecular weight is 475 g/mol. The molecule has 2 aliphatic rings. The summed E-state index contributed by atoms with van der Waals surface area (Å²) >= 11 is 0. The van der Waals surface area contributed by atoms with Gasteiger partial charge < -0.3 is 14.2 Å². The van der Waals surface area contributed by atoms with Gasteiger partial charge in [0.15, 0.2) is 0 Å². The molecule has 1 saturated carbocycles. The van der Waals surface area contributed by atoms with Gasteiger partial charge in [-0.05, 0) is 77.6 Å². The summed E-state index contributed by atoms with van der Waals surface area (Å²) in [6, 6.07) is 19.2. The van der Waals surface area contributed by atoms with Gasteiger partial charge in [0.1, 0.15) is 17.3 Å². The largest absolute Gasteiger partial charge is 0.497 e. The Morgan fingerprint density at radius 2 is 1.80 bits per heavy atom. The van der Waals surface area contributed by atoms with Gasteiger partial charge in [0.2, 0.25) is 0 Å². The monoisotopic (exact) mass is 474 g/mol. The molecule has 1 aliphatic carbocycles. The van der Waals surface area contributed by atoms with Gasteiger partial charge in [-0.15, -0.1) is 0 Å². The number of carbonyl (C=O) groups is 1. The van der Waals surface area contributed by atoms with E-state index in [9.17, 15) is 9.18 Å². The third kappa shape index (κ3) is 4.77. The molecule has 1 heterocycles. The van der Waals surface area contributed by atoms with Gasteiger partial charge in [0.05, 0.1) is 26.7 Å². The molecule has 5 rings (SSSR count). The molecule has 3 atom stereocenters. The number of rotatable bonds is 7. The molecule has 2 unspecified atom stereocenters. The molecule has 0 amide bonds. The Labute approximate surface area is 206 Å². The van der Waals surface area contributed by atoms with Crippen LogP contribution in [0.3, 0.4) is 0 Å². The predicted octanol–water partition coefficient (Wildman–Crippen LogP) is 6.52. The maximum absolute atomic E-state index is 14.4. The molecule has 0 spiro atoms. The number of carbonyl (C=O) groups excluding carboxylic acids is 1. The van der Waals surface area contributed by atoms with E-state index in [1.165, 1.54) is 24.3 Å². The minimum absolute atomic E-state index is 0.152. The van der Waals surface area contributed by atoms with E-state index in [1.807, 2.05) is 19.1 Å². The van der Waals surface area contributed by atoms with Crippen LogP contribution in [-0.4, -0.2) is 26.8 Å². The van der Waals surface area contributed by atoms with Crippen LogP contribution < -0.4 is 9.47 Å². The fraction of sp³-hybridized carbons (Fsp3) is 0.367. The van der Waals surface area contributed by atoms with E-state index in [1.54, 1.807) is 19.2 Å². The first-order chi connectivity index (χ1) is 17.0. The Morgan fingerprint density at radius 3 is 2.49 bits per heavy atom. The van der Waals surface area contributed by atoms with Crippen molar-refractivity contribution in [3.8, 4) is 22.6 Å². The van der Waals surface area contributed by atoms with E-state index in [2.05, 4.69) is 30.3 Å². The number of esters is 1. The summed E-state index contributed by atoms with van der Waals surface area (Å²) in [7, 11) is 3.04. The molecule has 3 aromatic carbocycles. The standard InChI is InChI=1S/C30H31FO4/c1-18(30(32)34-3)29(21-8-9-21)22-10-13-28-23(14-22)15-24(17-35-28)19-4-6-20(7-5-19)26-16-25(33-2)11-12-27(26)31/h4-7,10-14,16,18,21,24,29H,8-9,15,17H2,1-3H3/t18-,24?,29?/m0/s1. The number of methoxy groups -OCH3 is 2. The normalized spacial score (nSPS) is 18.7. The van der Waals surface area contributed by atoms with Crippen LogP contribution >= 0.6 is 0 Å². The van der Waals surface area contributed by atoms with Crippen LogP contribution in [0.15, 0.2) is 60.7 Å². The second-order valence-corrected chi connectivity index (χ2v) is 9.72. The molecule has 0 saturated heterocycles. The zero-order valence-corrected chi connectivity index (χ0v) is 20.4. The molecule has 35 heavy (non-hydrogen) atoms. The maximum atomic E-state index is 14.4. The van der Waals surface area contributed by atoms with Crippen molar-refractivity contribution in [3.05, 3.63) is 83.2 Å². The van der Waals surface area contributed by atoms with Crippen molar-refractivity contribution < 1.29 is 23.4 Å². The average Bonchev–Trinajstić information content (AvgIpc) is 3.73. The summed E-state index contributed by atoms with van der Waals surface area (Å²) in [5, 5.41) is 0. The van der Waals surface area contributed by atoms with Gasteiger partial charge in [0, 0.05) is 11.5 Å². The van der Waals surface area contributed by atoms with E-state index < -0.39 is 0 Å². The molecule has 0 bridgehead atoms. The number of fused-ring (bicyclic) bond motifs is 1. The van der Waals surface area contributed by atoms with E-state index in [-0.39, 0.29) is 29.5 Å².